The van der Waals surface area contributed by atoms with E-state index in [2.05, 4.69) is 50.3 Å². The van der Waals surface area contributed by atoms with Crippen LogP contribution in [0.2, 0.25) is 0 Å². The summed E-state index contributed by atoms with van der Waals surface area (Å²) >= 11 is 0. The fourth-order valence-electron chi connectivity index (χ4n) is 6.07. The highest BCUT2D eigenvalue weighted by atomic mass is 31.2. The lowest BCUT2D eigenvalue weighted by molar-refractivity contribution is -0.153. The third-order valence-corrected chi connectivity index (χ3v) is 10.5. The second kappa shape index (κ2) is 41.4. The van der Waals surface area contributed by atoms with Crippen molar-refractivity contribution in [3.05, 3.63) is 36.5 Å². The van der Waals surface area contributed by atoms with Crippen LogP contribution in [-0.2, 0) is 32.7 Å². The van der Waals surface area contributed by atoms with Crippen molar-refractivity contribution in [3.8, 4) is 0 Å². The van der Waals surface area contributed by atoms with Crippen LogP contribution in [0, 0.1) is 0 Å². The average molecular weight is 815 g/mol. The van der Waals surface area contributed by atoms with Crippen molar-refractivity contribution in [2.45, 2.75) is 212 Å². The smallest absolute Gasteiger partial charge is 0.457 e. The van der Waals surface area contributed by atoms with E-state index < -0.39 is 58.4 Å². The molecular formula is C45H83O10P. The number of ether oxygens (including phenoxy) is 2. The van der Waals surface area contributed by atoms with Crippen molar-refractivity contribution in [3.63, 3.8) is 0 Å². The van der Waals surface area contributed by atoms with Gasteiger partial charge in [-0.2, -0.15) is 0 Å². The Bertz CT molecular complexity index is 1030. The Hall–Kier alpha value is -1.81. The molecule has 56 heavy (non-hydrogen) atoms. The van der Waals surface area contributed by atoms with E-state index >= 15 is 0 Å². The molecule has 3 N–H and O–H groups in total. The molecule has 0 spiro atoms. The fraction of sp³-hybridized carbons (Fsp3) is 0.822. The van der Waals surface area contributed by atoms with Crippen LogP contribution >= 0.6 is 7.82 Å². The maximum absolute atomic E-state index is 12.4. The number of allylic oxidation sites excluding steroid dienone is 6. The Balaban J connectivity index is 3.91. The van der Waals surface area contributed by atoms with Gasteiger partial charge >= 0.3 is 19.8 Å². The highest BCUT2D eigenvalue weighted by molar-refractivity contribution is 7.47. The van der Waals surface area contributed by atoms with Crippen LogP contribution in [-0.4, -0.2) is 65.7 Å². The lowest BCUT2D eigenvalue weighted by Gasteiger charge is -2.20. The van der Waals surface area contributed by atoms with Gasteiger partial charge in [0.1, 0.15) is 12.2 Å². The van der Waals surface area contributed by atoms with Gasteiger partial charge in [-0.15, -0.1) is 0 Å². The summed E-state index contributed by atoms with van der Waals surface area (Å²) in [5.74, 6) is -1.03. The van der Waals surface area contributed by atoms with Crippen molar-refractivity contribution in [1.82, 2.24) is 0 Å². The molecule has 0 aliphatic rings. The van der Waals surface area contributed by atoms with E-state index in [4.69, 9.17) is 18.5 Å². The van der Waals surface area contributed by atoms with Crippen LogP contribution in [0.1, 0.15) is 200 Å². The summed E-state index contributed by atoms with van der Waals surface area (Å²) in [5.41, 5.74) is 0. The number of aliphatic hydroxyl groups excluding tert-OH is 2. The Kier molecular flexibility index (Phi) is 40.0. The summed E-state index contributed by atoms with van der Waals surface area (Å²) in [6, 6.07) is 0. The molecule has 0 heterocycles. The molecule has 0 saturated heterocycles. The van der Waals surface area contributed by atoms with Gasteiger partial charge in [0.25, 0.3) is 0 Å². The molecule has 0 fully saturated rings. The molecule has 0 saturated carbocycles. The largest absolute Gasteiger partial charge is 0.472 e. The predicted octanol–water partition coefficient (Wildman–Crippen LogP) is 11.9. The Morgan fingerprint density at radius 1 is 0.482 bits per heavy atom. The molecule has 0 rings (SSSR count). The molecule has 11 heteroatoms. The number of aliphatic hydroxyl groups is 2. The van der Waals surface area contributed by atoms with Gasteiger partial charge in [0.05, 0.1) is 26.4 Å². The first-order chi connectivity index (χ1) is 27.3. The summed E-state index contributed by atoms with van der Waals surface area (Å²) < 4.78 is 32.6. The number of esters is 2. The minimum atomic E-state index is -4.64. The molecule has 10 nitrogen and oxygen atoms in total. The maximum atomic E-state index is 12.4. The van der Waals surface area contributed by atoms with E-state index in [0.717, 1.165) is 64.2 Å². The molecule has 0 bridgehead atoms. The van der Waals surface area contributed by atoms with Crippen LogP contribution in [0.15, 0.2) is 36.5 Å². The van der Waals surface area contributed by atoms with Gasteiger partial charge in [0, 0.05) is 12.8 Å². The zero-order valence-electron chi connectivity index (χ0n) is 35.6. The van der Waals surface area contributed by atoms with Crippen LogP contribution in [0.3, 0.4) is 0 Å². The molecule has 0 aromatic carbocycles. The lowest BCUT2D eigenvalue weighted by atomic mass is 10.1. The number of phosphoric acid groups is 1. The quantitative estimate of drug-likeness (QED) is 0.0235. The van der Waals surface area contributed by atoms with Gasteiger partial charge in [0.2, 0.25) is 0 Å². The van der Waals surface area contributed by atoms with Gasteiger partial charge in [-0.05, 0) is 64.2 Å². The van der Waals surface area contributed by atoms with Crippen molar-refractivity contribution >= 4 is 19.8 Å². The van der Waals surface area contributed by atoms with Crippen molar-refractivity contribution < 1.29 is 47.8 Å². The van der Waals surface area contributed by atoms with Crippen molar-refractivity contribution in [2.24, 2.45) is 0 Å². The summed E-state index contributed by atoms with van der Waals surface area (Å²) in [6.07, 6.45) is 42.6. The molecule has 3 unspecified atom stereocenters. The molecular weight excluding hydrogens is 731 g/mol. The zero-order valence-corrected chi connectivity index (χ0v) is 36.5. The highest BCUT2D eigenvalue weighted by Gasteiger charge is 2.27. The number of phosphoric ester groups is 1. The minimum absolute atomic E-state index is 0.176. The number of hydrogen-bond acceptors (Lipinski definition) is 9. The van der Waals surface area contributed by atoms with Gasteiger partial charge in [0.15, 0.2) is 0 Å². The van der Waals surface area contributed by atoms with Crippen LogP contribution < -0.4 is 0 Å². The molecule has 0 amide bonds. The van der Waals surface area contributed by atoms with E-state index in [1.54, 1.807) is 0 Å². The summed E-state index contributed by atoms with van der Waals surface area (Å²) in [4.78, 5) is 34.5. The lowest BCUT2D eigenvalue weighted by Crippen LogP contribution is -2.28. The van der Waals surface area contributed by atoms with Crippen LogP contribution in [0.25, 0.3) is 0 Å². The topological polar surface area (TPSA) is 149 Å². The molecule has 3 atom stereocenters. The molecule has 0 aromatic heterocycles. The number of rotatable bonds is 42. The summed E-state index contributed by atoms with van der Waals surface area (Å²) in [5, 5.41) is 19.2. The number of unbranched alkanes of at least 4 members (excludes halogenated alkanes) is 22. The fourth-order valence-corrected chi connectivity index (χ4v) is 6.85. The second-order valence-corrected chi connectivity index (χ2v) is 16.5. The Morgan fingerprint density at radius 2 is 0.804 bits per heavy atom. The first kappa shape index (κ1) is 54.2. The Morgan fingerprint density at radius 3 is 1.18 bits per heavy atom. The summed E-state index contributed by atoms with van der Waals surface area (Å²) in [6.45, 7) is 2.15. The van der Waals surface area contributed by atoms with E-state index in [0.29, 0.717) is 12.8 Å². The SMILES string of the molecule is CCCC/C=C\C/C=C\CCCCCCCC(=O)OC(CO)COP(=O)(O)OCC(CO)OC(=O)CCCCCCCCCCC/C=C\CCCCCCCC. The van der Waals surface area contributed by atoms with E-state index in [1.165, 1.54) is 96.3 Å². The third-order valence-electron chi connectivity index (χ3n) is 9.57. The normalized spacial score (nSPS) is 14.2. The standard InChI is InChI=1S/C45H83O10P/c1-3-5-7-9-11-13-15-17-19-20-21-22-23-25-27-29-31-33-35-37-45(49)55-43(39-47)41-53-56(50,51)52-40-42(38-46)54-44(48)36-34-32-30-28-26-24-18-16-14-12-10-8-6-4-2/h10,12,16-19,42-43,46-47H,3-9,11,13-15,20-41H2,1-2H3,(H,50,51)/b12-10-,18-16-,19-17-. The summed E-state index contributed by atoms with van der Waals surface area (Å²) in [7, 11) is -4.64. The number of carbonyl (C=O) groups is 2. The van der Waals surface area contributed by atoms with E-state index in [1.807, 2.05) is 0 Å². The van der Waals surface area contributed by atoms with Crippen LogP contribution in [0.4, 0.5) is 0 Å². The van der Waals surface area contributed by atoms with Crippen LogP contribution in [0.5, 0.6) is 0 Å². The van der Waals surface area contributed by atoms with Gasteiger partial charge in [-0.1, -0.05) is 159 Å². The molecule has 0 aliphatic carbocycles. The van der Waals surface area contributed by atoms with Crippen molar-refractivity contribution in [1.29, 1.82) is 0 Å². The number of carbonyl (C=O) groups excluding carboxylic acids is 2. The van der Waals surface area contributed by atoms with Gasteiger partial charge in [-0.3, -0.25) is 18.6 Å². The van der Waals surface area contributed by atoms with E-state index in [9.17, 15) is 29.3 Å². The average Bonchev–Trinajstić information content (AvgIpc) is 3.19. The Labute approximate surface area is 341 Å². The third kappa shape index (κ3) is 39.0. The molecule has 0 radical (unpaired) electrons. The predicted molar refractivity (Wildman–Crippen MR) is 228 cm³/mol. The monoisotopic (exact) mass is 815 g/mol. The molecule has 0 aliphatic heterocycles. The van der Waals surface area contributed by atoms with E-state index in [-0.39, 0.29) is 12.8 Å². The zero-order chi connectivity index (χ0) is 41.2. The first-order valence-corrected chi connectivity index (χ1v) is 23.9. The second-order valence-electron chi connectivity index (χ2n) is 15.0. The van der Waals surface area contributed by atoms with Gasteiger partial charge < -0.3 is 24.6 Å². The maximum Gasteiger partial charge on any atom is 0.472 e. The molecule has 328 valence electrons. The first-order valence-electron chi connectivity index (χ1n) is 22.4. The number of hydrogen-bond donors (Lipinski definition) is 3. The van der Waals surface area contributed by atoms with Gasteiger partial charge in [-0.25, -0.2) is 4.57 Å². The minimum Gasteiger partial charge on any atom is -0.457 e. The van der Waals surface area contributed by atoms with Crippen molar-refractivity contribution in [2.75, 3.05) is 26.4 Å². The molecule has 0 aromatic rings. The highest BCUT2D eigenvalue weighted by Crippen LogP contribution is 2.43.